The third-order valence-corrected chi connectivity index (χ3v) is 4.27. The number of carbonyl (C=O) groups is 2. The van der Waals surface area contributed by atoms with E-state index in [1.54, 1.807) is 25.2 Å². The van der Waals surface area contributed by atoms with E-state index < -0.39 is 29.8 Å². The number of carboxylic acid groups (broad SMARTS) is 1. The molecule has 3 atom stereocenters. The van der Waals surface area contributed by atoms with Gasteiger partial charge in [0.2, 0.25) is 5.91 Å². The van der Waals surface area contributed by atoms with Crippen LogP contribution in [0.4, 0.5) is 4.39 Å². The molecule has 0 radical (unpaired) electrons. The summed E-state index contributed by atoms with van der Waals surface area (Å²) in [4.78, 5) is 25.3. The average Bonchev–Trinajstić information content (AvgIpc) is 2.86. The molecule has 2 rings (SSSR count). The molecule has 1 saturated heterocycles. The van der Waals surface area contributed by atoms with Crippen LogP contribution < -0.4 is 5.32 Å². The number of amides is 1. The van der Waals surface area contributed by atoms with E-state index in [4.69, 9.17) is 5.11 Å². The number of benzene rings is 1. The van der Waals surface area contributed by atoms with E-state index >= 15 is 0 Å². The normalized spacial score (nSPS) is 24.6. The van der Waals surface area contributed by atoms with Crippen molar-refractivity contribution < 1.29 is 24.2 Å². The van der Waals surface area contributed by atoms with Crippen LogP contribution in [0.5, 0.6) is 0 Å². The zero-order valence-corrected chi connectivity index (χ0v) is 12.9. The first-order valence-electron chi connectivity index (χ1n) is 7.55. The molecule has 1 heterocycles. The number of aliphatic carboxylic acids is 1. The number of aliphatic hydroxyl groups is 1. The zero-order chi connectivity index (χ0) is 17.0. The maximum absolute atomic E-state index is 14.1. The molecule has 6 nitrogen and oxygen atoms in total. The minimum Gasteiger partial charge on any atom is -0.480 e. The van der Waals surface area contributed by atoms with Gasteiger partial charge in [-0.15, -0.1) is 0 Å². The summed E-state index contributed by atoms with van der Waals surface area (Å²) in [6.07, 6.45) is 0.539. The SMILES string of the molecule is CN1[C@H](C(=O)O)C[C@H](C(=O)NCCCO)[C@@H]1c1ccccc1F. The molecule has 0 spiro atoms. The molecule has 0 aliphatic carbocycles. The highest BCUT2D eigenvalue weighted by atomic mass is 19.1. The Bertz CT molecular complexity index is 581. The van der Waals surface area contributed by atoms with Gasteiger partial charge < -0.3 is 15.5 Å². The highest BCUT2D eigenvalue weighted by Gasteiger charge is 2.47. The molecule has 1 aliphatic heterocycles. The second-order valence-corrected chi connectivity index (χ2v) is 5.70. The molecule has 1 aromatic carbocycles. The van der Waals surface area contributed by atoms with Crippen LogP contribution in [0.3, 0.4) is 0 Å². The molecule has 0 saturated carbocycles. The molecule has 3 N–H and O–H groups in total. The largest absolute Gasteiger partial charge is 0.480 e. The van der Waals surface area contributed by atoms with Crippen LogP contribution in [-0.4, -0.2) is 53.2 Å². The summed E-state index contributed by atoms with van der Waals surface area (Å²) in [7, 11) is 1.59. The average molecular weight is 324 g/mol. The molecule has 0 unspecified atom stereocenters. The lowest BCUT2D eigenvalue weighted by Crippen LogP contribution is -2.36. The first kappa shape index (κ1) is 17.4. The Morgan fingerprint density at radius 1 is 1.39 bits per heavy atom. The molecule has 1 amide bonds. The van der Waals surface area contributed by atoms with Crippen molar-refractivity contribution in [2.75, 3.05) is 20.2 Å². The van der Waals surface area contributed by atoms with E-state index in [2.05, 4.69) is 5.32 Å². The number of likely N-dealkylation sites (tertiary alicyclic amines) is 1. The summed E-state index contributed by atoms with van der Waals surface area (Å²) < 4.78 is 14.1. The highest BCUT2D eigenvalue weighted by molar-refractivity contribution is 5.83. The van der Waals surface area contributed by atoms with Crippen LogP contribution in [0, 0.1) is 11.7 Å². The zero-order valence-electron chi connectivity index (χ0n) is 12.9. The Balaban J connectivity index is 2.28. The third-order valence-electron chi connectivity index (χ3n) is 4.27. The molecule has 0 aromatic heterocycles. The van der Waals surface area contributed by atoms with Crippen molar-refractivity contribution in [1.82, 2.24) is 10.2 Å². The molecule has 7 heteroatoms. The van der Waals surface area contributed by atoms with E-state index in [0.717, 1.165) is 0 Å². The number of hydrogen-bond acceptors (Lipinski definition) is 4. The van der Waals surface area contributed by atoms with Gasteiger partial charge in [-0.2, -0.15) is 0 Å². The molecule has 1 aromatic rings. The molecule has 1 fully saturated rings. The van der Waals surface area contributed by atoms with Crippen LogP contribution >= 0.6 is 0 Å². The van der Waals surface area contributed by atoms with Crippen molar-refractivity contribution in [2.24, 2.45) is 5.92 Å². The van der Waals surface area contributed by atoms with Crippen molar-refractivity contribution >= 4 is 11.9 Å². The number of nitrogens with zero attached hydrogens (tertiary/aromatic N) is 1. The summed E-state index contributed by atoms with van der Waals surface area (Å²) in [6, 6.07) is 4.63. The first-order valence-corrected chi connectivity index (χ1v) is 7.55. The maximum Gasteiger partial charge on any atom is 0.320 e. The molecule has 1 aliphatic rings. The fraction of sp³-hybridized carbons (Fsp3) is 0.500. The lowest BCUT2D eigenvalue weighted by atomic mass is 9.92. The number of carboxylic acids is 1. The quantitative estimate of drug-likeness (QED) is 0.673. The molecule has 23 heavy (non-hydrogen) atoms. The van der Waals surface area contributed by atoms with Gasteiger partial charge in [0, 0.05) is 24.8 Å². The van der Waals surface area contributed by atoms with Gasteiger partial charge in [0.25, 0.3) is 0 Å². The number of rotatable bonds is 6. The van der Waals surface area contributed by atoms with Crippen molar-refractivity contribution in [1.29, 1.82) is 0 Å². The van der Waals surface area contributed by atoms with E-state index in [9.17, 15) is 19.1 Å². The van der Waals surface area contributed by atoms with Crippen LogP contribution in [0.15, 0.2) is 24.3 Å². The minimum absolute atomic E-state index is 0.0423. The van der Waals surface area contributed by atoms with Crippen molar-refractivity contribution in [2.45, 2.75) is 24.9 Å². The molecule has 126 valence electrons. The first-order chi connectivity index (χ1) is 11.0. The van der Waals surface area contributed by atoms with E-state index in [1.807, 2.05) is 0 Å². The Labute approximate surface area is 133 Å². The van der Waals surface area contributed by atoms with Gasteiger partial charge in [0.15, 0.2) is 0 Å². The van der Waals surface area contributed by atoms with Gasteiger partial charge >= 0.3 is 5.97 Å². The summed E-state index contributed by atoms with van der Waals surface area (Å²) in [5, 5.41) is 20.8. The minimum atomic E-state index is -1.03. The van der Waals surface area contributed by atoms with Gasteiger partial charge in [-0.05, 0) is 26.0 Å². The monoisotopic (exact) mass is 324 g/mol. The lowest BCUT2D eigenvalue weighted by Gasteiger charge is -2.26. The number of carbonyl (C=O) groups excluding carboxylic acids is 1. The fourth-order valence-corrected chi connectivity index (χ4v) is 3.11. The highest BCUT2D eigenvalue weighted by Crippen LogP contribution is 2.41. The number of nitrogens with one attached hydrogen (secondary N) is 1. The predicted octanol–water partition coefficient (Wildman–Crippen LogP) is 0.770. The Morgan fingerprint density at radius 3 is 2.70 bits per heavy atom. The number of halogens is 1. The summed E-state index contributed by atoms with van der Waals surface area (Å²) >= 11 is 0. The van der Waals surface area contributed by atoms with Gasteiger partial charge in [-0.25, -0.2) is 4.39 Å². The van der Waals surface area contributed by atoms with Crippen LogP contribution in [-0.2, 0) is 9.59 Å². The van der Waals surface area contributed by atoms with Crippen molar-refractivity contribution in [3.8, 4) is 0 Å². The van der Waals surface area contributed by atoms with Gasteiger partial charge in [-0.3, -0.25) is 14.5 Å². The molecular weight excluding hydrogens is 303 g/mol. The lowest BCUT2D eigenvalue weighted by molar-refractivity contribution is -0.142. The Morgan fingerprint density at radius 2 is 2.09 bits per heavy atom. The molecular formula is C16H21FN2O4. The maximum atomic E-state index is 14.1. The second-order valence-electron chi connectivity index (χ2n) is 5.70. The number of likely N-dealkylation sites (N-methyl/N-ethyl adjacent to an activating group) is 1. The van der Waals surface area contributed by atoms with Gasteiger partial charge in [0.1, 0.15) is 11.9 Å². The van der Waals surface area contributed by atoms with Crippen molar-refractivity contribution in [3.63, 3.8) is 0 Å². The molecule has 0 bridgehead atoms. The number of aliphatic hydroxyl groups excluding tert-OH is 1. The Hall–Kier alpha value is -1.99. The predicted molar refractivity (Wildman–Crippen MR) is 81.1 cm³/mol. The van der Waals surface area contributed by atoms with Crippen LogP contribution in [0.1, 0.15) is 24.4 Å². The summed E-state index contributed by atoms with van der Waals surface area (Å²) in [6.45, 7) is 0.261. The fourth-order valence-electron chi connectivity index (χ4n) is 3.11. The van der Waals surface area contributed by atoms with Crippen LogP contribution in [0.2, 0.25) is 0 Å². The second kappa shape index (κ2) is 7.52. The topological polar surface area (TPSA) is 89.9 Å². The van der Waals surface area contributed by atoms with E-state index in [-0.39, 0.29) is 18.9 Å². The Kier molecular flexibility index (Phi) is 5.68. The smallest absolute Gasteiger partial charge is 0.320 e. The van der Waals surface area contributed by atoms with E-state index in [0.29, 0.717) is 18.5 Å². The summed E-state index contributed by atoms with van der Waals surface area (Å²) in [5.41, 5.74) is 0.320. The van der Waals surface area contributed by atoms with Crippen molar-refractivity contribution in [3.05, 3.63) is 35.6 Å². The third kappa shape index (κ3) is 3.68. The standard InChI is InChI=1S/C16H21FN2O4/c1-19-13(16(22)23)9-11(15(21)18-7-4-8-20)14(19)10-5-2-3-6-12(10)17/h2-3,5-6,11,13-14,20H,4,7-9H2,1H3,(H,18,21)(H,22,23)/t11-,13-,14-/m0/s1. The van der Waals surface area contributed by atoms with E-state index in [1.165, 1.54) is 11.0 Å². The number of hydrogen-bond donors (Lipinski definition) is 3. The van der Waals surface area contributed by atoms with Crippen LogP contribution in [0.25, 0.3) is 0 Å². The van der Waals surface area contributed by atoms with Gasteiger partial charge in [0.05, 0.1) is 5.92 Å². The van der Waals surface area contributed by atoms with Gasteiger partial charge in [-0.1, -0.05) is 18.2 Å². The summed E-state index contributed by atoms with van der Waals surface area (Å²) in [5.74, 6) is -2.46.